The fourth-order valence-corrected chi connectivity index (χ4v) is 6.46. The number of anilines is 1. The van der Waals surface area contributed by atoms with Gasteiger partial charge < -0.3 is 19.5 Å². The van der Waals surface area contributed by atoms with Crippen molar-refractivity contribution in [3.63, 3.8) is 0 Å². The van der Waals surface area contributed by atoms with E-state index in [1.807, 2.05) is 26.3 Å². The van der Waals surface area contributed by atoms with Gasteiger partial charge >= 0.3 is 5.97 Å². The minimum absolute atomic E-state index is 0.0624. The molecular formula is C29H43N2O4. The maximum Gasteiger partial charge on any atom is 0.303 e. The molecule has 1 aliphatic heterocycles. The Morgan fingerprint density at radius 3 is 2.60 bits per heavy atom. The van der Waals surface area contributed by atoms with Gasteiger partial charge in [-0.1, -0.05) is 32.1 Å². The van der Waals surface area contributed by atoms with Crippen molar-refractivity contribution in [2.45, 2.75) is 59.2 Å². The molecule has 1 saturated carbocycles. The minimum Gasteiger partial charge on any atom is -0.492 e. The van der Waals surface area contributed by atoms with Crippen molar-refractivity contribution in [3.8, 4) is 5.75 Å². The van der Waals surface area contributed by atoms with Gasteiger partial charge in [-0.2, -0.15) is 0 Å². The summed E-state index contributed by atoms with van der Waals surface area (Å²) in [4.78, 5) is 16.6. The van der Waals surface area contributed by atoms with Crippen molar-refractivity contribution in [2.75, 3.05) is 44.2 Å². The van der Waals surface area contributed by atoms with E-state index < -0.39 is 11.7 Å². The number of carbonyl (C=O) groups excluding carboxylic acids is 1. The number of rotatable bonds is 7. The molecule has 1 heterocycles. The summed E-state index contributed by atoms with van der Waals surface area (Å²) in [5.41, 5.74) is 1.29. The SMILES string of the molecule is CCOc1ccccc1N1CCN(CC(C)[C@@H]2CC[C@@H](C)[C@]3(O)[CH][C@@H](OC(C)=O)C(C)=C[C@H]23)CC1. The lowest BCUT2D eigenvalue weighted by Crippen LogP contribution is -2.57. The standard InChI is InChI=1S/C29H43N2O4/c1-6-34-27-10-8-7-9-26(27)31-15-13-30(14-16-31)19-21(3)24-12-11-22(4)29(33)18-28(35-23(5)32)20(2)17-25(24)29/h7-10,17-18,21-22,24-25,28,33H,6,11-16,19H2,1-5H3/t21?,22-,24+,25-,28-,29-/m1/s1. The number of esters is 1. The first-order chi connectivity index (χ1) is 16.7. The summed E-state index contributed by atoms with van der Waals surface area (Å²) in [7, 11) is 0. The number of fused-ring (bicyclic) bond motifs is 1. The van der Waals surface area contributed by atoms with Gasteiger partial charge in [0.15, 0.2) is 0 Å². The molecule has 193 valence electrons. The van der Waals surface area contributed by atoms with Crippen LogP contribution < -0.4 is 9.64 Å². The van der Waals surface area contributed by atoms with Crippen LogP contribution in [0.1, 0.15) is 47.5 Å². The average molecular weight is 484 g/mol. The first kappa shape index (κ1) is 26.0. The molecule has 0 spiro atoms. The Bertz CT molecular complexity index is 910. The third kappa shape index (κ3) is 5.54. The van der Waals surface area contributed by atoms with E-state index in [-0.39, 0.29) is 17.8 Å². The van der Waals surface area contributed by atoms with Gasteiger partial charge in [-0.25, -0.2) is 0 Å². The predicted octanol–water partition coefficient (Wildman–Crippen LogP) is 4.33. The van der Waals surface area contributed by atoms with Gasteiger partial charge in [-0.05, 0) is 62.1 Å². The number of nitrogens with zero attached hydrogens (tertiary/aromatic N) is 2. The van der Waals surface area contributed by atoms with E-state index in [0.29, 0.717) is 18.4 Å². The predicted molar refractivity (Wildman–Crippen MR) is 139 cm³/mol. The summed E-state index contributed by atoms with van der Waals surface area (Å²) in [6.45, 7) is 15.7. The highest BCUT2D eigenvalue weighted by molar-refractivity contribution is 5.66. The summed E-state index contributed by atoms with van der Waals surface area (Å²) in [5.74, 6) is 1.73. The van der Waals surface area contributed by atoms with Crippen LogP contribution in [0, 0.1) is 30.1 Å². The molecule has 1 radical (unpaired) electrons. The monoisotopic (exact) mass is 483 g/mol. The van der Waals surface area contributed by atoms with Crippen molar-refractivity contribution >= 4 is 11.7 Å². The van der Waals surface area contributed by atoms with Crippen molar-refractivity contribution in [3.05, 3.63) is 42.3 Å². The Hall–Kier alpha value is -2.05. The second kappa shape index (κ2) is 10.9. The highest BCUT2D eigenvalue weighted by atomic mass is 16.5. The lowest BCUT2D eigenvalue weighted by Gasteiger charge is -2.53. The van der Waals surface area contributed by atoms with Crippen LogP contribution in [0.3, 0.4) is 0 Å². The number of ether oxygens (including phenoxy) is 2. The molecule has 6 atom stereocenters. The van der Waals surface area contributed by atoms with E-state index >= 15 is 0 Å². The molecule has 6 nitrogen and oxygen atoms in total. The zero-order valence-corrected chi connectivity index (χ0v) is 22.1. The molecule has 3 aliphatic rings. The lowest BCUT2D eigenvalue weighted by molar-refractivity contribution is -0.148. The van der Waals surface area contributed by atoms with Gasteiger partial charge in [0, 0.05) is 52.0 Å². The van der Waals surface area contributed by atoms with E-state index in [1.54, 1.807) is 0 Å². The molecule has 4 rings (SSSR count). The topological polar surface area (TPSA) is 62.2 Å². The van der Waals surface area contributed by atoms with Crippen molar-refractivity contribution in [2.24, 2.45) is 23.7 Å². The highest BCUT2D eigenvalue weighted by Gasteiger charge is 2.53. The second-order valence-corrected chi connectivity index (χ2v) is 10.8. The molecule has 1 aromatic rings. The van der Waals surface area contributed by atoms with E-state index in [2.05, 4.69) is 47.9 Å². The largest absolute Gasteiger partial charge is 0.492 e. The molecule has 6 heteroatoms. The van der Waals surface area contributed by atoms with Crippen LogP contribution in [0.15, 0.2) is 35.9 Å². The lowest BCUT2D eigenvalue weighted by atomic mass is 9.57. The fourth-order valence-electron chi connectivity index (χ4n) is 6.46. The summed E-state index contributed by atoms with van der Waals surface area (Å²) in [6.07, 6.45) is 5.78. The highest BCUT2D eigenvalue weighted by Crippen LogP contribution is 2.51. The van der Waals surface area contributed by atoms with Crippen LogP contribution in [0.2, 0.25) is 0 Å². The van der Waals surface area contributed by atoms with Gasteiger partial charge in [0.2, 0.25) is 0 Å². The number of para-hydroxylation sites is 2. The van der Waals surface area contributed by atoms with Crippen LogP contribution in [0.4, 0.5) is 5.69 Å². The molecule has 2 fully saturated rings. The van der Waals surface area contributed by atoms with E-state index in [4.69, 9.17) is 9.47 Å². The molecule has 1 saturated heterocycles. The molecule has 1 unspecified atom stereocenters. The Morgan fingerprint density at radius 2 is 1.91 bits per heavy atom. The third-order valence-electron chi connectivity index (χ3n) is 8.48. The third-order valence-corrected chi connectivity index (χ3v) is 8.48. The Labute approximate surface area is 211 Å². The van der Waals surface area contributed by atoms with Crippen LogP contribution in [-0.2, 0) is 9.53 Å². The van der Waals surface area contributed by atoms with Gasteiger partial charge in [-0.3, -0.25) is 9.69 Å². The molecular weight excluding hydrogens is 440 g/mol. The van der Waals surface area contributed by atoms with E-state index in [0.717, 1.165) is 56.9 Å². The molecule has 0 aromatic heterocycles. The number of hydrogen-bond donors (Lipinski definition) is 1. The summed E-state index contributed by atoms with van der Waals surface area (Å²) < 4.78 is 11.4. The van der Waals surface area contributed by atoms with Crippen LogP contribution in [0.25, 0.3) is 0 Å². The van der Waals surface area contributed by atoms with Gasteiger partial charge in [0.25, 0.3) is 0 Å². The zero-order chi connectivity index (χ0) is 25.2. The van der Waals surface area contributed by atoms with Crippen molar-refractivity contribution < 1.29 is 19.4 Å². The Kier molecular flexibility index (Phi) is 8.12. The second-order valence-electron chi connectivity index (χ2n) is 10.8. The van der Waals surface area contributed by atoms with E-state index in [9.17, 15) is 9.90 Å². The summed E-state index contributed by atoms with van der Waals surface area (Å²) in [5, 5.41) is 11.8. The maximum absolute atomic E-state index is 11.8. The molecule has 2 aliphatic carbocycles. The summed E-state index contributed by atoms with van der Waals surface area (Å²) in [6, 6.07) is 8.33. The Morgan fingerprint density at radius 1 is 1.20 bits per heavy atom. The molecule has 0 amide bonds. The van der Waals surface area contributed by atoms with Crippen molar-refractivity contribution in [1.82, 2.24) is 4.90 Å². The van der Waals surface area contributed by atoms with Gasteiger partial charge in [-0.15, -0.1) is 0 Å². The zero-order valence-electron chi connectivity index (χ0n) is 22.1. The quantitative estimate of drug-likeness (QED) is 0.460. The number of aliphatic hydroxyl groups is 1. The number of carbonyl (C=O) groups is 1. The first-order valence-electron chi connectivity index (χ1n) is 13.4. The normalized spacial score (nSPS) is 32.4. The minimum atomic E-state index is -0.932. The number of piperazine rings is 1. The molecule has 0 bridgehead atoms. The molecule has 1 aromatic carbocycles. The number of benzene rings is 1. The Balaban J connectivity index is 1.40. The van der Waals surface area contributed by atoms with Crippen LogP contribution in [0.5, 0.6) is 5.75 Å². The first-order valence-corrected chi connectivity index (χ1v) is 13.4. The maximum atomic E-state index is 11.8. The number of hydrogen-bond acceptors (Lipinski definition) is 6. The van der Waals surface area contributed by atoms with E-state index in [1.165, 1.54) is 12.6 Å². The van der Waals surface area contributed by atoms with Gasteiger partial charge in [0.05, 0.1) is 17.9 Å². The van der Waals surface area contributed by atoms with Gasteiger partial charge in [0.1, 0.15) is 11.9 Å². The fraction of sp³-hybridized carbons (Fsp3) is 0.655. The molecule has 35 heavy (non-hydrogen) atoms. The van der Waals surface area contributed by atoms with Crippen molar-refractivity contribution in [1.29, 1.82) is 0 Å². The van der Waals surface area contributed by atoms with Crippen LogP contribution in [-0.4, -0.2) is 67.0 Å². The summed E-state index contributed by atoms with van der Waals surface area (Å²) >= 11 is 0. The van der Waals surface area contributed by atoms with Crippen LogP contribution >= 0.6 is 0 Å². The smallest absolute Gasteiger partial charge is 0.303 e. The average Bonchev–Trinajstić information content (AvgIpc) is 2.82. The molecule has 1 N–H and O–H groups in total.